The summed E-state index contributed by atoms with van der Waals surface area (Å²) in [7, 11) is 0. The lowest BCUT2D eigenvalue weighted by molar-refractivity contribution is 0.149. The van der Waals surface area contributed by atoms with Crippen molar-refractivity contribution in [1.82, 2.24) is 15.0 Å². The molecule has 1 saturated carbocycles. The van der Waals surface area contributed by atoms with Crippen LogP contribution in [0, 0.1) is 5.92 Å². The first kappa shape index (κ1) is 12.4. The first-order chi connectivity index (χ1) is 8.19. The van der Waals surface area contributed by atoms with E-state index < -0.39 is 0 Å². The average Bonchev–Trinajstić information content (AvgIpc) is 2.76. The van der Waals surface area contributed by atoms with Gasteiger partial charge in [0.25, 0.3) is 0 Å². The molecule has 2 unspecified atom stereocenters. The Hall–Kier alpha value is -1.10. The van der Waals surface area contributed by atoms with Crippen LogP contribution in [0.4, 0.5) is 5.82 Å². The smallest absolute Gasteiger partial charge is 0.145 e. The fourth-order valence-corrected chi connectivity index (χ4v) is 2.82. The molecule has 5 heteroatoms. The summed E-state index contributed by atoms with van der Waals surface area (Å²) in [6.45, 7) is 5.25. The molecule has 17 heavy (non-hydrogen) atoms. The maximum Gasteiger partial charge on any atom is 0.145 e. The molecule has 5 nitrogen and oxygen atoms in total. The quantitative estimate of drug-likeness (QED) is 0.837. The van der Waals surface area contributed by atoms with Crippen LogP contribution >= 0.6 is 0 Å². The number of aliphatic hydroxyl groups excluding tert-OH is 1. The molecule has 0 amide bonds. The molecule has 1 heterocycles. The van der Waals surface area contributed by atoms with Gasteiger partial charge in [0.1, 0.15) is 5.82 Å². The number of hydrogen-bond donors (Lipinski definition) is 2. The van der Waals surface area contributed by atoms with E-state index in [0.717, 1.165) is 25.2 Å². The summed E-state index contributed by atoms with van der Waals surface area (Å²) in [4.78, 5) is 0. The van der Waals surface area contributed by atoms with Crippen molar-refractivity contribution in [1.29, 1.82) is 0 Å². The van der Waals surface area contributed by atoms with Gasteiger partial charge in [0.2, 0.25) is 0 Å². The van der Waals surface area contributed by atoms with Gasteiger partial charge in [-0.3, -0.25) is 0 Å². The number of hydrogen-bond acceptors (Lipinski definition) is 4. The normalized spacial score (nSPS) is 29.2. The second kappa shape index (κ2) is 5.04. The zero-order valence-electron chi connectivity index (χ0n) is 10.7. The Morgan fingerprint density at radius 1 is 1.65 bits per heavy atom. The van der Waals surface area contributed by atoms with Crippen LogP contribution in [-0.2, 0) is 6.54 Å². The van der Waals surface area contributed by atoms with Crippen molar-refractivity contribution in [3.05, 3.63) is 6.20 Å². The highest BCUT2D eigenvalue weighted by Crippen LogP contribution is 2.34. The zero-order chi connectivity index (χ0) is 12.3. The zero-order valence-corrected chi connectivity index (χ0v) is 10.7. The van der Waals surface area contributed by atoms with Crippen molar-refractivity contribution in [3.63, 3.8) is 0 Å². The Kier molecular flexibility index (Phi) is 3.66. The van der Waals surface area contributed by atoms with Crippen molar-refractivity contribution in [2.75, 3.05) is 11.9 Å². The molecule has 0 aromatic carbocycles. The molecule has 2 N–H and O–H groups in total. The van der Waals surface area contributed by atoms with E-state index >= 15 is 0 Å². The number of rotatable bonds is 4. The Morgan fingerprint density at radius 2 is 2.47 bits per heavy atom. The number of nitrogens with zero attached hydrogens (tertiary/aromatic N) is 3. The highest BCUT2D eigenvalue weighted by Gasteiger charge is 2.35. The molecule has 1 aromatic rings. The molecule has 1 fully saturated rings. The third-order valence-electron chi connectivity index (χ3n) is 3.70. The Morgan fingerprint density at radius 3 is 3.12 bits per heavy atom. The van der Waals surface area contributed by atoms with E-state index in [-0.39, 0.29) is 12.1 Å². The summed E-state index contributed by atoms with van der Waals surface area (Å²) in [5, 5.41) is 21.1. The highest BCUT2D eigenvalue weighted by atomic mass is 16.3. The SMILES string of the molecule is CCn1nncc1NC1(CO)CCCC(C)C1. The van der Waals surface area contributed by atoms with Gasteiger partial charge in [-0.1, -0.05) is 25.0 Å². The third-order valence-corrected chi connectivity index (χ3v) is 3.70. The predicted octanol–water partition coefficient (Wildman–Crippen LogP) is 1.65. The van der Waals surface area contributed by atoms with Gasteiger partial charge in [-0.2, -0.15) is 0 Å². The Bertz CT molecular complexity index is 365. The highest BCUT2D eigenvalue weighted by molar-refractivity contribution is 5.35. The van der Waals surface area contributed by atoms with Crippen LogP contribution in [-0.4, -0.2) is 32.2 Å². The molecule has 0 radical (unpaired) electrons. The second-order valence-corrected chi connectivity index (χ2v) is 5.20. The molecular weight excluding hydrogens is 216 g/mol. The summed E-state index contributed by atoms with van der Waals surface area (Å²) in [5.41, 5.74) is -0.188. The van der Waals surface area contributed by atoms with Gasteiger partial charge >= 0.3 is 0 Å². The number of aromatic nitrogens is 3. The van der Waals surface area contributed by atoms with Crippen LogP contribution in [0.1, 0.15) is 39.5 Å². The van der Waals surface area contributed by atoms with Gasteiger partial charge in [0, 0.05) is 6.54 Å². The summed E-state index contributed by atoms with van der Waals surface area (Å²) in [5.74, 6) is 1.57. The molecule has 2 rings (SSSR count). The van der Waals surface area contributed by atoms with Gasteiger partial charge < -0.3 is 10.4 Å². The number of anilines is 1. The molecule has 0 bridgehead atoms. The summed E-state index contributed by atoms with van der Waals surface area (Å²) < 4.78 is 1.83. The third kappa shape index (κ3) is 2.60. The molecule has 1 aromatic heterocycles. The average molecular weight is 238 g/mol. The van der Waals surface area contributed by atoms with Crippen molar-refractivity contribution in [3.8, 4) is 0 Å². The van der Waals surface area contributed by atoms with E-state index in [4.69, 9.17) is 0 Å². The molecular formula is C12H22N4O. The van der Waals surface area contributed by atoms with Crippen molar-refractivity contribution in [2.24, 2.45) is 5.92 Å². The molecule has 0 spiro atoms. The standard InChI is InChI=1S/C12H22N4O/c1-3-16-11(8-13-15-16)14-12(9-17)6-4-5-10(2)7-12/h8,10,14,17H,3-7,9H2,1-2H3. The van der Waals surface area contributed by atoms with Gasteiger partial charge in [0.15, 0.2) is 0 Å². The van der Waals surface area contributed by atoms with E-state index in [1.54, 1.807) is 6.20 Å². The van der Waals surface area contributed by atoms with Crippen LogP contribution in [0.15, 0.2) is 6.20 Å². The minimum absolute atomic E-state index is 0.173. The van der Waals surface area contributed by atoms with Gasteiger partial charge in [-0.25, -0.2) is 4.68 Å². The second-order valence-electron chi connectivity index (χ2n) is 5.20. The largest absolute Gasteiger partial charge is 0.394 e. The summed E-state index contributed by atoms with van der Waals surface area (Å²) in [6, 6.07) is 0. The number of aryl methyl sites for hydroxylation is 1. The number of aliphatic hydroxyl groups is 1. The van der Waals surface area contributed by atoms with Crippen LogP contribution in [0.3, 0.4) is 0 Å². The van der Waals surface area contributed by atoms with Gasteiger partial charge in [0.05, 0.1) is 18.3 Å². The first-order valence-electron chi connectivity index (χ1n) is 6.46. The first-order valence-corrected chi connectivity index (χ1v) is 6.46. The van der Waals surface area contributed by atoms with E-state index in [1.807, 2.05) is 11.6 Å². The lowest BCUT2D eigenvalue weighted by Crippen LogP contribution is -2.46. The summed E-state index contributed by atoms with van der Waals surface area (Å²) in [6.07, 6.45) is 6.19. The molecule has 0 aliphatic heterocycles. The maximum atomic E-state index is 9.71. The van der Waals surface area contributed by atoms with Gasteiger partial charge in [-0.05, 0) is 25.7 Å². The maximum absolute atomic E-state index is 9.71. The van der Waals surface area contributed by atoms with Crippen LogP contribution in [0.25, 0.3) is 0 Å². The number of nitrogens with one attached hydrogen (secondary N) is 1. The minimum Gasteiger partial charge on any atom is -0.394 e. The predicted molar refractivity (Wildman–Crippen MR) is 66.8 cm³/mol. The van der Waals surface area contributed by atoms with Crippen LogP contribution < -0.4 is 5.32 Å². The van der Waals surface area contributed by atoms with E-state index in [0.29, 0.717) is 5.92 Å². The van der Waals surface area contributed by atoms with Crippen LogP contribution in [0.2, 0.25) is 0 Å². The Labute approximate surface area is 102 Å². The van der Waals surface area contributed by atoms with Crippen molar-refractivity contribution < 1.29 is 5.11 Å². The lowest BCUT2D eigenvalue weighted by Gasteiger charge is -2.39. The molecule has 2 atom stereocenters. The minimum atomic E-state index is -0.188. The fourth-order valence-electron chi connectivity index (χ4n) is 2.82. The molecule has 0 saturated heterocycles. The topological polar surface area (TPSA) is 63.0 Å². The monoisotopic (exact) mass is 238 g/mol. The van der Waals surface area contributed by atoms with Crippen molar-refractivity contribution >= 4 is 5.82 Å². The fraction of sp³-hybridized carbons (Fsp3) is 0.833. The lowest BCUT2D eigenvalue weighted by atomic mass is 9.77. The molecule has 96 valence electrons. The van der Waals surface area contributed by atoms with E-state index in [1.165, 1.54) is 12.8 Å². The van der Waals surface area contributed by atoms with E-state index in [9.17, 15) is 5.11 Å². The van der Waals surface area contributed by atoms with Gasteiger partial charge in [-0.15, -0.1) is 5.10 Å². The molecule has 1 aliphatic rings. The van der Waals surface area contributed by atoms with Crippen molar-refractivity contribution in [2.45, 2.75) is 51.6 Å². The Balaban J connectivity index is 2.13. The van der Waals surface area contributed by atoms with Crippen LogP contribution in [0.5, 0.6) is 0 Å². The van der Waals surface area contributed by atoms with E-state index in [2.05, 4.69) is 22.6 Å². The summed E-state index contributed by atoms with van der Waals surface area (Å²) >= 11 is 0. The molecule has 1 aliphatic carbocycles.